The van der Waals surface area contributed by atoms with Crippen molar-refractivity contribution in [1.29, 1.82) is 0 Å². The summed E-state index contributed by atoms with van der Waals surface area (Å²) in [6.07, 6.45) is 3.88. The van der Waals surface area contributed by atoms with E-state index < -0.39 is 0 Å². The maximum absolute atomic E-state index is 4.58. The summed E-state index contributed by atoms with van der Waals surface area (Å²) in [6.45, 7) is 6.52. The van der Waals surface area contributed by atoms with E-state index in [1.165, 1.54) is 32.4 Å². The van der Waals surface area contributed by atoms with Crippen LogP contribution in [0.4, 0.5) is 11.6 Å². The molecule has 0 spiro atoms. The summed E-state index contributed by atoms with van der Waals surface area (Å²) >= 11 is 0. The molecule has 19 heavy (non-hydrogen) atoms. The summed E-state index contributed by atoms with van der Waals surface area (Å²) < 4.78 is 0. The molecular weight excluding hydrogens is 238 g/mol. The van der Waals surface area contributed by atoms with Crippen LogP contribution in [0.5, 0.6) is 0 Å². The van der Waals surface area contributed by atoms with Gasteiger partial charge in [0.2, 0.25) is 0 Å². The van der Waals surface area contributed by atoms with E-state index >= 15 is 0 Å². The van der Waals surface area contributed by atoms with E-state index in [1.54, 1.807) is 0 Å². The van der Waals surface area contributed by atoms with Crippen LogP contribution in [0.15, 0.2) is 0 Å². The molecule has 0 saturated carbocycles. The van der Waals surface area contributed by atoms with Crippen LogP contribution < -0.4 is 10.6 Å². The fraction of sp³-hybridized carbons (Fsp3) is 0.714. The molecule has 2 unspecified atom stereocenters. The first kappa shape index (κ1) is 12.7. The van der Waals surface area contributed by atoms with Crippen molar-refractivity contribution < 1.29 is 0 Å². The van der Waals surface area contributed by atoms with Crippen LogP contribution in [-0.2, 0) is 0 Å². The van der Waals surface area contributed by atoms with Gasteiger partial charge in [0.05, 0.1) is 0 Å². The Labute approximate surface area is 114 Å². The number of anilines is 2. The van der Waals surface area contributed by atoms with E-state index in [0.29, 0.717) is 12.1 Å². The zero-order valence-corrected chi connectivity index (χ0v) is 12.0. The van der Waals surface area contributed by atoms with Gasteiger partial charge in [-0.25, -0.2) is 9.97 Å². The lowest BCUT2D eigenvalue weighted by Crippen LogP contribution is -2.34. The second kappa shape index (κ2) is 4.96. The van der Waals surface area contributed by atoms with Crippen LogP contribution in [0.2, 0.25) is 0 Å². The molecule has 2 aliphatic heterocycles. The Balaban J connectivity index is 1.81. The first-order valence-electron chi connectivity index (χ1n) is 7.22. The first-order valence-corrected chi connectivity index (χ1v) is 7.22. The normalized spacial score (nSPS) is 26.5. The number of aromatic nitrogens is 2. The summed E-state index contributed by atoms with van der Waals surface area (Å²) in [5.41, 5.74) is 1.12. The zero-order chi connectivity index (χ0) is 13.4. The predicted molar refractivity (Wildman–Crippen MR) is 77.7 cm³/mol. The Morgan fingerprint density at radius 3 is 2.68 bits per heavy atom. The van der Waals surface area contributed by atoms with E-state index in [1.807, 2.05) is 14.0 Å². The molecule has 2 fully saturated rings. The maximum Gasteiger partial charge on any atom is 0.135 e. The molecule has 1 aromatic rings. The van der Waals surface area contributed by atoms with Crippen LogP contribution in [0.3, 0.4) is 0 Å². The molecule has 3 heterocycles. The lowest BCUT2D eigenvalue weighted by atomic mass is 10.1. The summed E-state index contributed by atoms with van der Waals surface area (Å²) in [5, 5.41) is 6.81. The molecule has 5 nitrogen and oxygen atoms in total. The van der Waals surface area contributed by atoms with Gasteiger partial charge >= 0.3 is 0 Å². The number of fused-ring (bicyclic) bond motifs is 1. The third kappa shape index (κ3) is 2.27. The van der Waals surface area contributed by atoms with Crippen molar-refractivity contribution in [3.05, 3.63) is 11.4 Å². The zero-order valence-electron chi connectivity index (χ0n) is 12.0. The van der Waals surface area contributed by atoms with Gasteiger partial charge in [-0.05, 0) is 39.7 Å². The second-order valence-electron chi connectivity index (χ2n) is 5.63. The molecule has 0 amide bonds. The Kier molecular flexibility index (Phi) is 3.31. The van der Waals surface area contributed by atoms with Crippen LogP contribution in [0.25, 0.3) is 0 Å². The third-order valence-corrected chi connectivity index (χ3v) is 4.42. The van der Waals surface area contributed by atoms with Crippen molar-refractivity contribution in [1.82, 2.24) is 14.9 Å². The van der Waals surface area contributed by atoms with E-state index in [2.05, 4.69) is 32.4 Å². The lowest BCUT2D eigenvalue weighted by molar-refractivity contribution is 0.318. The summed E-state index contributed by atoms with van der Waals surface area (Å²) in [5.74, 6) is 2.74. The van der Waals surface area contributed by atoms with Crippen LogP contribution in [0.1, 0.15) is 30.7 Å². The molecule has 3 rings (SSSR count). The SMILES string of the molecule is CNc1nc(C)nc(NC2CCN3CCCC23)c1C. The van der Waals surface area contributed by atoms with Crippen molar-refractivity contribution in [2.24, 2.45) is 0 Å². The standard InChI is InChI=1S/C14H23N5/c1-9-13(15-3)16-10(2)17-14(9)18-11-6-8-19-7-4-5-12(11)19/h11-12H,4-8H2,1-3H3,(H2,15,16,17,18). The molecule has 0 radical (unpaired) electrons. The fourth-order valence-corrected chi connectivity index (χ4v) is 3.44. The number of nitrogens with one attached hydrogen (secondary N) is 2. The summed E-state index contributed by atoms with van der Waals surface area (Å²) in [7, 11) is 1.91. The molecule has 2 aliphatic rings. The van der Waals surface area contributed by atoms with Crippen LogP contribution in [0, 0.1) is 13.8 Å². The van der Waals surface area contributed by atoms with E-state index in [4.69, 9.17) is 0 Å². The molecule has 0 aromatic carbocycles. The maximum atomic E-state index is 4.58. The Morgan fingerprint density at radius 1 is 1.11 bits per heavy atom. The van der Waals surface area contributed by atoms with Crippen molar-refractivity contribution in [3.63, 3.8) is 0 Å². The highest BCUT2D eigenvalue weighted by atomic mass is 15.2. The highest BCUT2D eigenvalue weighted by Crippen LogP contribution is 2.31. The number of aryl methyl sites for hydroxylation is 1. The van der Waals surface area contributed by atoms with Crippen LogP contribution in [-0.4, -0.2) is 47.1 Å². The first-order chi connectivity index (χ1) is 9.19. The highest BCUT2D eigenvalue weighted by molar-refractivity contribution is 5.57. The average Bonchev–Trinajstić information content (AvgIpc) is 2.98. The molecule has 2 saturated heterocycles. The third-order valence-electron chi connectivity index (χ3n) is 4.42. The van der Waals surface area contributed by atoms with Crippen molar-refractivity contribution in [2.45, 2.75) is 45.2 Å². The lowest BCUT2D eigenvalue weighted by Gasteiger charge is -2.23. The smallest absolute Gasteiger partial charge is 0.135 e. The fourth-order valence-electron chi connectivity index (χ4n) is 3.44. The number of hydrogen-bond donors (Lipinski definition) is 2. The van der Waals surface area contributed by atoms with Gasteiger partial charge in [0.1, 0.15) is 17.5 Å². The average molecular weight is 261 g/mol. The van der Waals surface area contributed by atoms with Crippen molar-refractivity contribution in [3.8, 4) is 0 Å². The van der Waals surface area contributed by atoms with E-state index in [0.717, 1.165) is 23.0 Å². The Morgan fingerprint density at radius 2 is 1.89 bits per heavy atom. The number of hydrogen-bond acceptors (Lipinski definition) is 5. The summed E-state index contributed by atoms with van der Waals surface area (Å²) in [4.78, 5) is 11.6. The van der Waals surface area contributed by atoms with Gasteiger partial charge < -0.3 is 10.6 Å². The monoisotopic (exact) mass is 261 g/mol. The topological polar surface area (TPSA) is 53.1 Å². The quantitative estimate of drug-likeness (QED) is 0.868. The van der Waals surface area contributed by atoms with Gasteiger partial charge in [-0.1, -0.05) is 0 Å². The minimum atomic E-state index is 0.542. The summed E-state index contributed by atoms with van der Waals surface area (Å²) in [6, 6.07) is 1.24. The van der Waals surface area contributed by atoms with Gasteiger partial charge in [0.15, 0.2) is 0 Å². The number of nitrogens with zero attached hydrogens (tertiary/aromatic N) is 3. The largest absolute Gasteiger partial charge is 0.373 e. The molecule has 5 heteroatoms. The van der Waals surface area contributed by atoms with Gasteiger partial charge in [-0.3, -0.25) is 4.90 Å². The second-order valence-corrected chi connectivity index (χ2v) is 5.63. The highest BCUT2D eigenvalue weighted by Gasteiger charge is 2.37. The minimum Gasteiger partial charge on any atom is -0.373 e. The molecule has 104 valence electrons. The van der Waals surface area contributed by atoms with Crippen molar-refractivity contribution >= 4 is 11.6 Å². The van der Waals surface area contributed by atoms with Gasteiger partial charge in [-0.2, -0.15) is 0 Å². The molecule has 0 aliphatic carbocycles. The Bertz CT molecular complexity index is 473. The predicted octanol–water partition coefficient (Wildman–Crippen LogP) is 1.78. The molecule has 2 atom stereocenters. The minimum absolute atomic E-state index is 0.542. The molecule has 1 aromatic heterocycles. The van der Waals surface area contributed by atoms with E-state index in [9.17, 15) is 0 Å². The van der Waals surface area contributed by atoms with Gasteiger partial charge in [-0.15, -0.1) is 0 Å². The molecule has 2 N–H and O–H groups in total. The van der Waals surface area contributed by atoms with Gasteiger partial charge in [0.25, 0.3) is 0 Å². The molecular formula is C14H23N5. The van der Waals surface area contributed by atoms with Crippen molar-refractivity contribution in [2.75, 3.05) is 30.8 Å². The van der Waals surface area contributed by atoms with Crippen LogP contribution >= 0.6 is 0 Å². The Hall–Kier alpha value is -1.36. The number of rotatable bonds is 3. The van der Waals surface area contributed by atoms with Gasteiger partial charge in [0, 0.05) is 31.2 Å². The molecule has 0 bridgehead atoms. The van der Waals surface area contributed by atoms with E-state index in [-0.39, 0.29) is 0 Å².